The maximum Gasteiger partial charge on any atom is 0.322 e. The third-order valence-electron chi connectivity index (χ3n) is 6.98. The Balaban J connectivity index is 1.30. The van der Waals surface area contributed by atoms with Crippen LogP contribution in [-0.4, -0.2) is 55.1 Å². The number of hydrogen-bond acceptors (Lipinski definition) is 5. The fraction of sp³-hybridized carbons (Fsp3) is 0.290. The van der Waals surface area contributed by atoms with Crippen LogP contribution in [0.25, 0.3) is 10.8 Å². The molecular weight excluding hydrogens is 510 g/mol. The summed E-state index contributed by atoms with van der Waals surface area (Å²) < 4.78 is 10.8. The van der Waals surface area contributed by atoms with Gasteiger partial charge in [0.05, 0.1) is 26.5 Å². The van der Waals surface area contributed by atoms with E-state index in [4.69, 9.17) is 9.47 Å². The van der Waals surface area contributed by atoms with Gasteiger partial charge in [0.2, 0.25) is 5.91 Å². The van der Waals surface area contributed by atoms with Crippen molar-refractivity contribution in [3.8, 4) is 11.5 Å². The van der Waals surface area contributed by atoms with Crippen molar-refractivity contribution >= 4 is 39.7 Å². The largest absolute Gasteiger partial charge is 0.493 e. The van der Waals surface area contributed by atoms with Crippen LogP contribution in [0.2, 0.25) is 0 Å². The number of ether oxygens (including phenoxy) is 2. The van der Waals surface area contributed by atoms with E-state index in [0.717, 1.165) is 39.7 Å². The number of thiophene rings is 1. The number of urea groups is 1. The molecule has 5 rings (SSSR count). The fourth-order valence-corrected chi connectivity index (χ4v) is 5.42. The highest BCUT2D eigenvalue weighted by Gasteiger charge is 2.35. The van der Waals surface area contributed by atoms with E-state index in [9.17, 15) is 9.59 Å². The van der Waals surface area contributed by atoms with Gasteiger partial charge < -0.3 is 24.6 Å². The molecule has 7 nitrogen and oxygen atoms in total. The molecule has 1 aromatic heterocycles. The Bertz CT molecular complexity index is 1430. The number of fused-ring (bicyclic) bond motifs is 1. The molecule has 0 atom stereocenters. The maximum absolute atomic E-state index is 13.7. The summed E-state index contributed by atoms with van der Waals surface area (Å²) in [6.07, 6.45) is 2.47. The molecule has 1 aliphatic rings. The Morgan fingerprint density at radius 3 is 2.49 bits per heavy atom. The molecule has 0 unspecified atom stereocenters. The number of methoxy groups -OCH3 is 2. The summed E-state index contributed by atoms with van der Waals surface area (Å²) in [5.41, 5.74) is 1.80. The number of amides is 3. The van der Waals surface area contributed by atoms with Gasteiger partial charge in [0.25, 0.3) is 0 Å². The van der Waals surface area contributed by atoms with Crippen molar-refractivity contribution in [1.29, 1.82) is 0 Å². The summed E-state index contributed by atoms with van der Waals surface area (Å²) in [7, 11) is 3.23. The average molecular weight is 544 g/mol. The first-order chi connectivity index (χ1) is 19.1. The standard InChI is InChI=1S/C31H33N3O4S/c1-37-28-15-12-22(19-29(28)38-2)16-17-33(20-25-9-6-18-39-25)30(35)21-34(24-13-14-24)31(36)32-27-11-5-8-23-7-3-4-10-26(23)27/h3-12,15,18-19,24H,13-14,16-17,20-21H2,1-2H3,(H,32,36). The Morgan fingerprint density at radius 2 is 1.74 bits per heavy atom. The van der Waals surface area contributed by atoms with Gasteiger partial charge in [-0.15, -0.1) is 11.3 Å². The van der Waals surface area contributed by atoms with E-state index in [-0.39, 0.29) is 24.5 Å². The first kappa shape index (κ1) is 26.6. The quantitative estimate of drug-likeness (QED) is 0.245. The number of nitrogens with zero attached hydrogens (tertiary/aromatic N) is 2. The van der Waals surface area contributed by atoms with Gasteiger partial charge in [0.1, 0.15) is 6.54 Å². The highest BCUT2D eigenvalue weighted by Crippen LogP contribution is 2.30. The minimum atomic E-state index is -0.238. The van der Waals surface area contributed by atoms with Crippen LogP contribution in [0.1, 0.15) is 23.3 Å². The second-order valence-corrected chi connectivity index (χ2v) is 10.7. The van der Waals surface area contributed by atoms with Gasteiger partial charge in [-0.2, -0.15) is 0 Å². The molecule has 3 aromatic carbocycles. The smallest absolute Gasteiger partial charge is 0.322 e. The topological polar surface area (TPSA) is 71.1 Å². The normalized spacial score (nSPS) is 12.7. The minimum Gasteiger partial charge on any atom is -0.493 e. The first-order valence-electron chi connectivity index (χ1n) is 13.1. The van der Waals surface area contributed by atoms with E-state index in [2.05, 4.69) is 5.32 Å². The molecule has 1 heterocycles. The minimum absolute atomic E-state index is 0.0403. The third-order valence-corrected chi connectivity index (χ3v) is 7.84. The molecule has 0 radical (unpaired) electrons. The van der Waals surface area contributed by atoms with E-state index >= 15 is 0 Å². The molecule has 0 spiro atoms. The Kier molecular flexibility index (Phi) is 8.32. The molecule has 1 fully saturated rings. The zero-order valence-corrected chi connectivity index (χ0v) is 23.1. The highest BCUT2D eigenvalue weighted by atomic mass is 32.1. The molecule has 0 saturated heterocycles. The monoisotopic (exact) mass is 543 g/mol. The van der Waals surface area contributed by atoms with Crippen LogP contribution in [0, 0.1) is 0 Å². The van der Waals surface area contributed by atoms with Gasteiger partial charge in [0.15, 0.2) is 11.5 Å². The van der Waals surface area contributed by atoms with E-state index in [1.54, 1.807) is 30.5 Å². The predicted molar refractivity (Wildman–Crippen MR) is 156 cm³/mol. The van der Waals surface area contributed by atoms with Crippen molar-refractivity contribution in [2.75, 3.05) is 32.6 Å². The summed E-state index contributed by atoms with van der Waals surface area (Å²) in [4.78, 5) is 31.8. The zero-order chi connectivity index (χ0) is 27.2. The molecule has 8 heteroatoms. The van der Waals surface area contributed by atoms with Crippen LogP contribution in [-0.2, 0) is 17.8 Å². The maximum atomic E-state index is 13.7. The van der Waals surface area contributed by atoms with Crippen LogP contribution >= 0.6 is 11.3 Å². The third kappa shape index (κ3) is 6.52. The lowest BCUT2D eigenvalue weighted by molar-refractivity contribution is -0.132. The molecule has 4 aromatic rings. The lowest BCUT2D eigenvalue weighted by Gasteiger charge is -2.28. The number of nitrogens with one attached hydrogen (secondary N) is 1. The summed E-state index contributed by atoms with van der Waals surface area (Å²) in [6, 6.07) is 23.5. The van der Waals surface area contributed by atoms with Crippen molar-refractivity contribution in [3.63, 3.8) is 0 Å². The summed E-state index contributed by atoms with van der Waals surface area (Å²) in [5.74, 6) is 1.27. The van der Waals surface area contributed by atoms with E-state index in [1.807, 2.05) is 83.1 Å². The summed E-state index contributed by atoms with van der Waals surface area (Å²) in [5, 5.41) is 7.12. The van der Waals surface area contributed by atoms with Gasteiger partial charge in [-0.3, -0.25) is 4.79 Å². The average Bonchev–Trinajstić information content (AvgIpc) is 3.68. The molecule has 1 saturated carbocycles. The molecule has 1 N–H and O–H groups in total. The number of rotatable bonds is 11. The number of carbonyl (C=O) groups excluding carboxylic acids is 2. The van der Waals surface area contributed by atoms with Gasteiger partial charge in [-0.05, 0) is 59.9 Å². The predicted octanol–water partition coefficient (Wildman–Crippen LogP) is 6.19. The second kappa shape index (κ2) is 12.2. The van der Waals surface area contributed by atoms with Crippen molar-refractivity contribution in [2.45, 2.75) is 31.8 Å². The second-order valence-electron chi connectivity index (χ2n) is 9.65. The molecule has 39 heavy (non-hydrogen) atoms. The Hall–Kier alpha value is -4.04. The summed E-state index contributed by atoms with van der Waals surface area (Å²) in [6.45, 7) is 1.07. The van der Waals surface area contributed by atoms with Crippen LogP contribution in [0.4, 0.5) is 10.5 Å². The number of benzene rings is 3. The van der Waals surface area contributed by atoms with Crippen LogP contribution < -0.4 is 14.8 Å². The van der Waals surface area contributed by atoms with Crippen LogP contribution in [0.15, 0.2) is 78.2 Å². The molecule has 202 valence electrons. The molecule has 0 bridgehead atoms. The van der Waals surface area contributed by atoms with Crippen molar-refractivity contribution in [3.05, 3.63) is 88.6 Å². The van der Waals surface area contributed by atoms with Crippen molar-refractivity contribution in [1.82, 2.24) is 9.80 Å². The van der Waals surface area contributed by atoms with Crippen molar-refractivity contribution in [2.24, 2.45) is 0 Å². The molecular formula is C31H33N3O4S. The molecule has 1 aliphatic carbocycles. The number of anilines is 1. The Morgan fingerprint density at radius 1 is 0.949 bits per heavy atom. The van der Waals surface area contributed by atoms with Crippen LogP contribution in [0.3, 0.4) is 0 Å². The van der Waals surface area contributed by atoms with Gasteiger partial charge in [0, 0.05) is 22.8 Å². The number of hydrogen-bond donors (Lipinski definition) is 1. The van der Waals surface area contributed by atoms with Crippen molar-refractivity contribution < 1.29 is 19.1 Å². The first-order valence-corrected chi connectivity index (χ1v) is 14.0. The van der Waals surface area contributed by atoms with Crippen LogP contribution in [0.5, 0.6) is 11.5 Å². The van der Waals surface area contributed by atoms with E-state index in [1.165, 1.54) is 0 Å². The lowest BCUT2D eigenvalue weighted by Crippen LogP contribution is -2.45. The zero-order valence-electron chi connectivity index (χ0n) is 22.3. The van der Waals surface area contributed by atoms with E-state index < -0.39 is 0 Å². The Labute approximate surface area is 232 Å². The summed E-state index contributed by atoms with van der Waals surface area (Å²) >= 11 is 1.62. The van der Waals surface area contributed by atoms with Gasteiger partial charge in [-0.25, -0.2) is 4.79 Å². The highest BCUT2D eigenvalue weighted by molar-refractivity contribution is 7.09. The SMILES string of the molecule is COc1ccc(CCN(Cc2cccs2)C(=O)CN(C(=O)Nc2cccc3ccccc23)C2CC2)cc1OC. The molecule has 0 aliphatic heterocycles. The molecule has 3 amide bonds. The number of carbonyl (C=O) groups is 2. The van der Waals surface area contributed by atoms with Gasteiger partial charge >= 0.3 is 6.03 Å². The van der Waals surface area contributed by atoms with E-state index in [0.29, 0.717) is 31.0 Å². The lowest BCUT2D eigenvalue weighted by atomic mass is 10.1. The van der Waals surface area contributed by atoms with Gasteiger partial charge in [-0.1, -0.05) is 48.5 Å². The fourth-order valence-electron chi connectivity index (χ4n) is 4.70.